The SMILES string of the molecule is O=C(Cc1ccccc1F)N1CCCC[C@H]1c1ccnc2ncnn12. The summed E-state index contributed by atoms with van der Waals surface area (Å²) in [7, 11) is 0. The Bertz CT molecular complexity index is 909. The van der Waals surface area contributed by atoms with Crippen LogP contribution in [0.15, 0.2) is 42.9 Å². The number of halogens is 1. The van der Waals surface area contributed by atoms with Crippen LogP contribution in [0, 0.1) is 5.82 Å². The summed E-state index contributed by atoms with van der Waals surface area (Å²) < 4.78 is 15.6. The molecule has 1 aliphatic heterocycles. The van der Waals surface area contributed by atoms with E-state index in [1.165, 1.54) is 12.4 Å². The van der Waals surface area contributed by atoms with Crippen LogP contribution in [-0.4, -0.2) is 36.9 Å². The maximum Gasteiger partial charge on any atom is 0.252 e. The van der Waals surface area contributed by atoms with Crippen LogP contribution in [-0.2, 0) is 11.2 Å². The van der Waals surface area contributed by atoms with E-state index in [-0.39, 0.29) is 24.2 Å². The summed E-state index contributed by atoms with van der Waals surface area (Å²) in [5.74, 6) is 0.108. The molecule has 25 heavy (non-hydrogen) atoms. The first kappa shape index (κ1) is 15.7. The Labute approximate surface area is 144 Å². The van der Waals surface area contributed by atoms with Gasteiger partial charge in [-0.1, -0.05) is 18.2 Å². The highest BCUT2D eigenvalue weighted by Crippen LogP contribution is 2.31. The average Bonchev–Trinajstić information content (AvgIpc) is 3.12. The summed E-state index contributed by atoms with van der Waals surface area (Å²) in [6.07, 6.45) is 6.04. The minimum absolute atomic E-state index is 0.0642. The van der Waals surface area contributed by atoms with Crippen LogP contribution in [0.5, 0.6) is 0 Å². The molecule has 2 aromatic heterocycles. The molecule has 1 aliphatic rings. The molecule has 1 fully saturated rings. The van der Waals surface area contributed by atoms with Crippen molar-refractivity contribution >= 4 is 11.7 Å². The molecule has 0 bridgehead atoms. The van der Waals surface area contributed by atoms with E-state index in [4.69, 9.17) is 0 Å². The summed E-state index contributed by atoms with van der Waals surface area (Å²) in [6.45, 7) is 0.663. The molecule has 1 aromatic carbocycles. The monoisotopic (exact) mass is 339 g/mol. The first-order valence-corrected chi connectivity index (χ1v) is 8.41. The van der Waals surface area contributed by atoms with Crippen LogP contribution in [0.2, 0.25) is 0 Å². The molecule has 0 spiro atoms. The van der Waals surface area contributed by atoms with E-state index in [9.17, 15) is 9.18 Å². The van der Waals surface area contributed by atoms with Gasteiger partial charge in [0.05, 0.1) is 18.2 Å². The highest BCUT2D eigenvalue weighted by molar-refractivity contribution is 5.79. The predicted molar refractivity (Wildman–Crippen MR) is 89.2 cm³/mol. The second-order valence-electron chi connectivity index (χ2n) is 6.21. The Morgan fingerprint density at radius 3 is 2.96 bits per heavy atom. The summed E-state index contributed by atoms with van der Waals surface area (Å²) in [5, 5.41) is 4.23. The van der Waals surface area contributed by atoms with Gasteiger partial charge in [-0.3, -0.25) is 4.79 Å². The predicted octanol–water partition coefficient (Wildman–Crippen LogP) is 2.56. The number of hydrogen-bond acceptors (Lipinski definition) is 4. The van der Waals surface area contributed by atoms with Crippen LogP contribution in [0.3, 0.4) is 0 Å². The molecule has 0 N–H and O–H groups in total. The fourth-order valence-corrected chi connectivity index (χ4v) is 3.45. The van der Waals surface area contributed by atoms with Gasteiger partial charge < -0.3 is 4.90 Å². The molecule has 4 rings (SSSR count). The Morgan fingerprint density at radius 1 is 1.20 bits per heavy atom. The van der Waals surface area contributed by atoms with Crippen molar-refractivity contribution in [3.05, 3.63) is 59.9 Å². The zero-order valence-electron chi connectivity index (χ0n) is 13.7. The van der Waals surface area contributed by atoms with Crippen LogP contribution in [0.4, 0.5) is 4.39 Å². The molecule has 1 amide bonds. The first-order chi connectivity index (χ1) is 12.2. The second kappa shape index (κ2) is 6.58. The first-order valence-electron chi connectivity index (χ1n) is 8.41. The minimum Gasteiger partial charge on any atom is -0.334 e. The lowest BCUT2D eigenvalue weighted by molar-refractivity contribution is -0.134. The topological polar surface area (TPSA) is 63.4 Å². The van der Waals surface area contributed by atoms with Gasteiger partial charge in [0.1, 0.15) is 12.1 Å². The van der Waals surface area contributed by atoms with Gasteiger partial charge in [-0.15, -0.1) is 0 Å². The van der Waals surface area contributed by atoms with Crippen LogP contribution < -0.4 is 0 Å². The number of fused-ring (bicyclic) bond motifs is 1. The van der Waals surface area contributed by atoms with E-state index >= 15 is 0 Å². The molecule has 6 nitrogen and oxygen atoms in total. The van der Waals surface area contributed by atoms with Crippen molar-refractivity contribution < 1.29 is 9.18 Å². The molecule has 0 saturated carbocycles. The van der Waals surface area contributed by atoms with Crippen molar-refractivity contribution in [3.63, 3.8) is 0 Å². The van der Waals surface area contributed by atoms with Gasteiger partial charge in [0, 0.05) is 12.7 Å². The second-order valence-corrected chi connectivity index (χ2v) is 6.21. The van der Waals surface area contributed by atoms with Crippen molar-refractivity contribution in [2.24, 2.45) is 0 Å². The zero-order valence-corrected chi connectivity index (χ0v) is 13.7. The molecule has 0 aliphatic carbocycles. The molecule has 3 aromatic rings. The van der Waals surface area contributed by atoms with Gasteiger partial charge in [0.25, 0.3) is 5.78 Å². The number of likely N-dealkylation sites (tertiary alicyclic amines) is 1. The van der Waals surface area contributed by atoms with Crippen LogP contribution in [0.25, 0.3) is 5.78 Å². The highest BCUT2D eigenvalue weighted by Gasteiger charge is 2.30. The van der Waals surface area contributed by atoms with Crippen molar-refractivity contribution in [1.82, 2.24) is 24.5 Å². The number of aromatic nitrogens is 4. The minimum atomic E-state index is -0.341. The number of carbonyl (C=O) groups excluding carboxylic acids is 1. The third kappa shape index (κ3) is 2.97. The molecule has 0 unspecified atom stereocenters. The average molecular weight is 339 g/mol. The van der Waals surface area contributed by atoms with E-state index in [0.29, 0.717) is 17.9 Å². The molecule has 1 saturated heterocycles. The lowest BCUT2D eigenvalue weighted by Gasteiger charge is -2.36. The molecular weight excluding hydrogens is 321 g/mol. The van der Waals surface area contributed by atoms with E-state index < -0.39 is 0 Å². The summed E-state index contributed by atoms with van der Waals surface area (Å²) >= 11 is 0. The smallest absolute Gasteiger partial charge is 0.252 e. The maximum absolute atomic E-state index is 13.9. The number of amides is 1. The fraction of sp³-hybridized carbons (Fsp3) is 0.333. The third-order valence-electron chi connectivity index (χ3n) is 4.67. The fourth-order valence-electron chi connectivity index (χ4n) is 3.45. The quantitative estimate of drug-likeness (QED) is 0.736. The lowest BCUT2D eigenvalue weighted by Crippen LogP contribution is -2.40. The molecule has 3 heterocycles. The Morgan fingerprint density at radius 2 is 2.08 bits per heavy atom. The number of benzene rings is 1. The van der Waals surface area contributed by atoms with Crippen molar-refractivity contribution in [1.29, 1.82) is 0 Å². The lowest BCUT2D eigenvalue weighted by atomic mass is 9.98. The largest absolute Gasteiger partial charge is 0.334 e. The van der Waals surface area contributed by atoms with Gasteiger partial charge in [-0.25, -0.2) is 9.37 Å². The van der Waals surface area contributed by atoms with Crippen molar-refractivity contribution in [2.75, 3.05) is 6.54 Å². The van der Waals surface area contributed by atoms with Gasteiger partial charge >= 0.3 is 0 Å². The normalized spacial score (nSPS) is 17.8. The highest BCUT2D eigenvalue weighted by atomic mass is 19.1. The van der Waals surface area contributed by atoms with Crippen molar-refractivity contribution in [3.8, 4) is 0 Å². The van der Waals surface area contributed by atoms with Crippen LogP contribution in [0.1, 0.15) is 36.6 Å². The Hall–Kier alpha value is -2.83. The summed E-state index contributed by atoms with van der Waals surface area (Å²) in [6, 6.07) is 8.21. The molecule has 7 heteroatoms. The van der Waals surface area contributed by atoms with E-state index in [1.807, 2.05) is 11.0 Å². The summed E-state index contributed by atoms with van der Waals surface area (Å²) in [5.41, 5.74) is 1.32. The standard InChI is InChI=1S/C18H18FN5O/c19-14-6-2-1-5-13(14)11-17(25)23-10-4-3-7-15(23)16-8-9-20-18-21-12-22-24(16)18/h1-2,5-6,8-9,12,15H,3-4,7,10-11H2/t15-/m0/s1. The van der Waals surface area contributed by atoms with Gasteiger partial charge in [-0.05, 0) is 37.0 Å². The maximum atomic E-state index is 13.9. The number of rotatable bonds is 3. The number of nitrogens with zero attached hydrogens (tertiary/aromatic N) is 5. The zero-order chi connectivity index (χ0) is 17.2. The number of piperidine rings is 1. The molecule has 1 atom stereocenters. The van der Waals surface area contributed by atoms with Crippen LogP contribution >= 0.6 is 0 Å². The molecule has 0 radical (unpaired) electrons. The van der Waals surface area contributed by atoms with E-state index in [2.05, 4.69) is 15.1 Å². The number of carbonyl (C=O) groups is 1. The van der Waals surface area contributed by atoms with E-state index in [1.54, 1.807) is 28.9 Å². The van der Waals surface area contributed by atoms with E-state index in [0.717, 1.165) is 25.0 Å². The molecular formula is C18H18FN5O. The van der Waals surface area contributed by atoms with Gasteiger partial charge in [0.2, 0.25) is 5.91 Å². The Kier molecular flexibility index (Phi) is 4.13. The third-order valence-corrected chi connectivity index (χ3v) is 4.67. The Balaban J connectivity index is 1.64. The van der Waals surface area contributed by atoms with Crippen molar-refractivity contribution in [2.45, 2.75) is 31.7 Å². The van der Waals surface area contributed by atoms with Gasteiger partial charge in [0.15, 0.2) is 0 Å². The summed E-state index contributed by atoms with van der Waals surface area (Å²) in [4.78, 5) is 23.0. The molecule has 128 valence electrons. The number of hydrogen-bond donors (Lipinski definition) is 0. The van der Waals surface area contributed by atoms with Gasteiger partial charge in [-0.2, -0.15) is 14.6 Å².